The first-order valence-electron chi connectivity index (χ1n) is 8.21. The number of carbonyl (C=O) groups is 1. The fourth-order valence-corrected chi connectivity index (χ4v) is 2.78. The zero-order valence-corrected chi connectivity index (χ0v) is 13.9. The first-order chi connectivity index (χ1) is 12.8. The van der Waals surface area contributed by atoms with E-state index in [0.717, 1.165) is 11.4 Å². The molecule has 2 heterocycles. The smallest absolute Gasteiger partial charge is 0.272 e. The van der Waals surface area contributed by atoms with Crippen LogP contribution in [0.25, 0.3) is 16.5 Å². The molecule has 0 saturated carbocycles. The number of amides is 1. The lowest BCUT2D eigenvalue weighted by Crippen LogP contribution is -2.17. The molecule has 26 heavy (non-hydrogen) atoms. The van der Waals surface area contributed by atoms with E-state index in [0.29, 0.717) is 5.56 Å². The van der Waals surface area contributed by atoms with Gasteiger partial charge in [-0.1, -0.05) is 30.3 Å². The molecule has 0 radical (unpaired) electrons. The number of pyridine rings is 1. The van der Waals surface area contributed by atoms with Gasteiger partial charge in [-0.05, 0) is 47.2 Å². The van der Waals surface area contributed by atoms with Crippen LogP contribution >= 0.6 is 0 Å². The van der Waals surface area contributed by atoms with Crippen LogP contribution in [0.4, 0.5) is 0 Å². The minimum atomic E-state index is -0.293. The largest absolute Gasteiger partial charge is 0.316 e. The third-order valence-corrected chi connectivity index (χ3v) is 4.08. The Kier molecular flexibility index (Phi) is 4.26. The molecule has 0 aliphatic rings. The summed E-state index contributed by atoms with van der Waals surface area (Å²) in [4.78, 5) is 15.9. The highest BCUT2D eigenvalue weighted by molar-refractivity contribution is 5.94. The van der Waals surface area contributed by atoms with Gasteiger partial charge in [-0.2, -0.15) is 5.10 Å². The molecule has 1 N–H and O–H groups in total. The van der Waals surface area contributed by atoms with E-state index in [1.807, 2.05) is 35.0 Å². The average Bonchev–Trinajstić information content (AvgIpc) is 3.17. The predicted octanol–water partition coefficient (Wildman–Crippen LogP) is 3.79. The molecular weight excluding hydrogens is 324 g/mol. The van der Waals surface area contributed by atoms with Gasteiger partial charge in [-0.15, -0.1) is 0 Å². The summed E-state index contributed by atoms with van der Waals surface area (Å²) in [6.07, 6.45) is 6.72. The Hall–Kier alpha value is -3.73. The highest BCUT2D eigenvalue weighted by atomic mass is 16.2. The molecule has 0 unspecified atom stereocenters. The molecule has 0 spiro atoms. The van der Waals surface area contributed by atoms with Crippen molar-refractivity contribution in [1.82, 2.24) is 15.0 Å². The molecule has 2 aromatic carbocycles. The maximum atomic E-state index is 12.0. The second-order valence-corrected chi connectivity index (χ2v) is 5.78. The first-order valence-corrected chi connectivity index (χ1v) is 8.21. The van der Waals surface area contributed by atoms with Gasteiger partial charge in [0, 0.05) is 24.3 Å². The zero-order valence-electron chi connectivity index (χ0n) is 13.9. The summed E-state index contributed by atoms with van der Waals surface area (Å²) in [5.74, 6) is -0.293. The van der Waals surface area contributed by atoms with Crippen LogP contribution in [-0.2, 0) is 0 Å². The molecule has 0 fully saturated rings. The highest BCUT2D eigenvalue weighted by Gasteiger charge is 2.05. The summed E-state index contributed by atoms with van der Waals surface area (Å²) in [6, 6.07) is 21.8. The second-order valence-electron chi connectivity index (χ2n) is 5.78. The minimum absolute atomic E-state index is 0.293. The summed E-state index contributed by atoms with van der Waals surface area (Å²) >= 11 is 0. The van der Waals surface area contributed by atoms with Crippen molar-refractivity contribution in [2.24, 2.45) is 5.10 Å². The molecule has 4 rings (SSSR count). The highest BCUT2D eigenvalue weighted by Crippen LogP contribution is 2.19. The monoisotopic (exact) mass is 340 g/mol. The van der Waals surface area contributed by atoms with Crippen LogP contribution in [0.3, 0.4) is 0 Å². The van der Waals surface area contributed by atoms with E-state index in [2.05, 4.69) is 45.8 Å². The van der Waals surface area contributed by atoms with Crippen molar-refractivity contribution in [3.05, 3.63) is 96.6 Å². The Morgan fingerprint density at radius 2 is 1.88 bits per heavy atom. The number of hydrogen-bond acceptors (Lipinski definition) is 3. The summed E-state index contributed by atoms with van der Waals surface area (Å²) < 4.78 is 2.02. The normalized spacial score (nSPS) is 11.1. The molecule has 5 heteroatoms. The summed E-state index contributed by atoms with van der Waals surface area (Å²) in [5, 5.41) is 6.43. The third kappa shape index (κ3) is 3.23. The van der Waals surface area contributed by atoms with E-state index < -0.39 is 0 Å². The molecule has 2 aromatic heterocycles. The molecule has 5 nitrogen and oxygen atoms in total. The van der Waals surface area contributed by atoms with Crippen molar-refractivity contribution in [2.75, 3.05) is 0 Å². The van der Waals surface area contributed by atoms with Crippen molar-refractivity contribution in [3.8, 4) is 5.69 Å². The third-order valence-electron chi connectivity index (χ3n) is 4.08. The molecule has 0 aliphatic carbocycles. The lowest BCUT2D eigenvalue weighted by Gasteiger charge is -2.08. The van der Waals surface area contributed by atoms with E-state index >= 15 is 0 Å². The van der Waals surface area contributed by atoms with Crippen LogP contribution in [0.5, 0.6) is 0 Å². The molecule has 1 amide bonds. The number of rotatable bonds is 4. The number of nitrogens with zero attached hydrogens (tertiary/aromatic N) is 3. The van der Waals surface area contributed by atoms with Gasteiger partial charge in [0.15, 0.2) is 0 Å². The number of hydrogen-bond donors (Lipinski definition) is 1. The standard InChI is InChI=1S/C21H16N4O/c26-21(18-7-3-11-22-14-18)24-23-15-20-8-4-12-25(20)19-10-9-16-5-1-2-6-17(16)13-19/h1-15H,(H,24,26). The number of carbonyl (C=O) groups excluding carboxylic acids is 1. The summed E-state index contributed by atoms with van der Waals surface area (Å²) in [5.41, 5.74) is 4.89. The maximum Gasteiger partial charge on any atom is 0.272 e. The van der Waals surface area contributed by atoms with E-state index in [4.69, 9.17) is 0 Å². The Bertz CT molecular complexity index is 1080. The first kappa shape index (κ1) is 15.8. The van der Waals surface area contributed by atoms with E-state index in [-0.39, 0.29) is 5.91 Å². The van der Waals surface area contributed by atoms with Crippen molar-refractivity contribution in [3.63, 3.8) is 0 Å². The molecule has 126 valence electrons. The molecule has 4 aromatic rings. The van der Waals surface area contributed by atoms with Gasteiger partial charge < -0.3 is 4.57 Å². The summed E-state index contributed by atoms with van der Waals surface area (Å²) in [6.45, 7) is 0. The Labute approximate surface area is 150 Å². The van der Waals surface area contributed by atoms with Crippen LogP contribution in [0.15, 0.2) is 90.4 Å². The van der Waals surface area contributed by atoms with Crippen LogP contribution in [0.1, 0.15) is 16.1 Å². The number of benzene rings is 2. The van der Waals surface area contributed by atoms with Gasteiger partial charge in [0.05, 0.1) is 17.5 Å². The molecular formula is C21H16N4O. The van der Waals surface area contributed by atoms with Gasteiger partial charge in [-0.3, -0.25) is 9.78 Å². The van der Waals surface area contributed by atoms with Gasteiger partial charge in [-0.25, -0.2) is 5.43 Å². The van der Waals surface area contributed by atoms with Gasteiger partial charge in [0.1, 0.15) is 0 Å². The molecule has 0 aliphatic heterocycles. The topological polar surface area (TPSA) is 59.3 Å². The lowest BCUT2D eigenvalue weighted by molar-refractivity contribution is 0.0955. The van der Waals surface area contributed by atoms with E-state index in [1.54, 1.807) is 24.5 Å². The van der Waals surface area contributed by atoms with Crippen LogP contribution < -0.4 is 5.43 Å². The van der Waals surface area contributed by atoms with E-state index in [1.165, 1.54) is 17.0 Å². The fourth-order valence-electron chi connectivity index (χ4n) is 2.78. The average molecular weight is 340 g/mol. The van der Waals surface area contributed by atoms with Crippen molar-refractivity contribution < 1.29 is 4.79 Å². The second kappa shape index (κ2) is 7.03. The maximum absolute atomic E-state index is 12.0. The van der Waals surface area contributed by atoms with Gasteiger partial charge >= 0.3 is 0 Å². The number of nitrogens with one attached hydrogen (secondary N) is 1. The number of fused-ring (bicyclic) bond motifs is 1. The van der Waals surface area contributed by atoms with Crippen LogP contribution in [-0.4, -0.2) is 21.7 Å². The van der Waals surface area contributed by atoms with Crippen molar-refractivity contribution in [2.45, 2.75) is 0 Å². The van der Waals surface area contributed by atoms with Crippen molar-refractivity contribution in [1.29, 1.82) is 0 Å². The Morgan fingerprint density at radius 3 is 2.73 bits per heavy atom. The van der Waals surface area contributed by atoms with Gasteiger partial charge in [0.25, 0.3) is 5.91 Å². The molecule has 0 atom stereocenters. The number of hydrazone groups is 1. The lowest BCUT2D eigenvalue weighted by atomic mass is 10.1. The minimum Gasteiger partial charge on any atom is -0.316 e. The van der Waals surface area contributed by atoms with Crippen LogP contribution in [0.2, 0.25) is 0 Å². The zero-order chi connectivity index (χ0) is 17.8. The predicted molar refractivity (Wildman–Crippen MR) is 103 cm³/mol. The van der Waals surface area contributed by atoms with Crippen molar-refractivity contribution >= 4 is 22.9 Å². The quantitative estimate of drug-likeness (QED) is 0.454. The summed E-state index contributed by atoms with van der Waals surface area (Å²) in [7, 11) is 0. The molecule has 0 saturated heterocycles. The fraction of sp³-hybridized carbons (Fsp3) is 0. The van der Waals surface area contributed by atoms with Crippen LogP contribution in [0, 0.1) is 0 Å². The van der Waals surface area contributed by atoms with Gasteiger partial charge in [0.2, 0.25) is 0 Å². The SMILES string of the molecule is O=C(NN=Cc1cccn1-c1ccc2ccccc2c1)c1cccnc1. The number of aromatic nitrogens is 2. The molecule has 0 bridgehead atoms. The Morgan fingerprint density at radius 1 is 1.00 bits per heavy atom. The Balaban J connectivity index is 1.55. The van der Waals surface area contributed by atoms with E-state index in [9.17, 15) is 4.79 Å².